The number of benzene rings is 1. The quantitative estimate of drug-likeness (QED) is 0.770. The van der Waals surface area contributed by atoms with Crippen molar-refractivity contribution in [3.05, 3.63) is 60.4 Å². The van der Waals surface area contributed by atoms with E-state index in [2.05, 4.69) is 15.2 Å². The van der Waals surface area contributed by atoms with Crippen LogP contribution in [0.5, 0.6) is 0 Å². The fraction of sp³-hybridized carbons (Fsp3) is 0.381. The molecule has 1 aromatic heterocycles. The molecule has 2 amide bonds. The van der Waals surface area contributed by atoms with Gasteiger partial charge in [-0.15, -0.1) is 0 Å². The average molecular weight is 400 g/mol. The van der Waals surface area contributed by atoms with E-state index in [1.54, 1.807) is 23.9 Å². The molecule has 2 heterocycles. The number of anilines is 1. The van der Waals surface area contributed by atoms with Crippen molar-refractivity contribution in [3.63, 3.8) is 0 Å². The van der Waals surface area contributed by atoms with Gasteiger partial charge in [-0.1, -0.05) is 18.2 Å². The second-order valence-electron chi connectivity index (χ2n) is 6.74. The van der Waals surface area contributed by atoms with Gasteiger partial charge in [-0.3, -0.25) is 9.59 Å². The number of pyridine rings is 1. The van der Waals surface area contributed by atoms with Gasteiger partial charge >= 0.3 is 0 Å². The van der Waals surface area contributed by atoms with Gasteiger partial charge in [0.15, 0.2) is 12.4 Å². The first-order chi connectivity index (χ1) is 13.7. The Morgan fingerprint density at radius 1 is 1.07 bits per heavy atom. The van der Waals surface area contributed by atoms with Crippen LogP contribution in [0.1, 0.15) is 16.8 Å². The fourth-order valence-corrected chi connectivity index (χ4v) is 3.79. The minimum absolute atomic E-state index is 0.0133. The Balaban J connectivity index is 1.61. The molecule has 0 bridgehead atoms. The summed E-state index contributed by atoms with van der Waals surface area (Å²) in [5.41, 5.74) is 1.73. The predicted octanol–water partition coefficient (Wildman–Crippen LogP) is 1.70. The van der Waals surface area contributed by atoms with E-state index in [9.17, 15) is 9.59 Å². The molecule has 2 aromatic rings. The lowest BCUT2D eigenvalue weighted by atomic mass is 10.1. The lowest BCUT2D eigenvalue weighted by Gasteiger charge is -2.37. The molecule has 3 rings (SSSR count). The number of piperazine rings is 1. The van der Waals surface area contributed by atoms with Crippen LogP contribution < -0.4 is 15.2 Å². The maximum absolute atomic E-state index is 13.1. The van der Waals surface area contributed by atoms with Crippen LogP contribution in [0.2, 0.25) is 0 Å². The molecule has 7 heteroatoms. The van der Waals surface area contributed by atoms with Gasteiger partial charge in [-0.05, 0) is 30.6 Å². The number of amides is 2. The van der Waals surface area contributed by atoms with Crippen LogP contribution in [0, 0.1) is 0 Å². The highest BCUT2D eigenvalue weighted by Crippen LogP contribution is 2.15. The molecule has 0 saturated carbocycles. The second-order valence-corrected chi connectivity index (χ2v) is 7.73. The molecule has 28 heavy (non-hydrogen) atoms. The minimum Gasteiger partial charge on any atom is -0.368 e. The molecule has 1 aliphatic heterocycles. The summed E-state index contributed by atoms with van der Waals surface area (Å²) in [5.74, 6) is 0.644. The van der Waals surface area contributed by atoms with Gasteiger partial charge in [0.05, 0.1) is 0 Å². The van der Waals surface area contributed by atoms with E-state index < -0.39 is 6.04 Å². The first-order valence-corrected chi connectivity index (χ1v) is 10.9. The molecular weight excluding hydrogens is 372 g/mol. The van der Waals surface area contributed by atoms with Gasteiger partial charge in [0.1, 0.15) is 6.04 Å². The number of hydrogen-bond acceptors (Lipinski definition) is 4. The van der Waals surface area contributed by atoms with Crippen molar-refractivity contribution >= 4 is 29.3 Å². The van der Waals surface area contributed by atoms with Crippen LogP contribution in [-0.2, 0) is 4.79 Å². The molecule has 1 aliphatic rings. The molecule has 1 saturated heterocycles. The largest absolute Gasteiger partial charge is 0.368 e. The highest BCUT2D eigenvalue weighted by atomic mass is 32.2. The number of aromatic amines is 1. The van der Waals surface area contributed by atoms with Crippen molar-refractivity contribution in [2.24, 2.45) is 0 Å². The molecule has 0 unspecified atom stereocenters. The number of nitrogens with zero attached hydrogens (tertiary/aromatic N) is 2. The summed E-state index contributed by atoms with van der Waals surface area (Å²) in [6.07, 6.45) is 6.46. The number of H-pyrrole nitrogens is 1. The zero-order chi connectivity index (χ0) is 19.8. The topological polar surface area (TPSA) is 66.8 Å². The summed E-state index contributed by atoms with van der Waals surface area (Å²) in [7, 11) is 0. The maximum atomic E-state index is 13.1. The van der Waals surface area contributed by atoms with Gasteiger partial charge in [-0.25, -0.2) is 4.98 Å². The maximum Gasteiger partial charge on any atom is 0.251 e. The number of thioether (sulfide) groups is 1. The molecule has 0 aliphatic carbocycles. The van der Waals surface area contributed by atoms with Gasteiger partial charge in [0.25, 0.3) is 5.91 Å². The van der Waals surface area contributed by atoms with Gasteiger partial charge in [-0.2, -0.15) is 11.8 Å². The van der Waals surface area contributed by atoms with Crippen LogP contribution in [0.4, 0.5) is 5.69 Å². The molecule has 1 aromatic carbocycles. The normalized spacial score (nSPS) is 15.2. The SMILES string of the molecule is CSCC[C@@H](NC(=O)c1ccccc1)C(=O)N1CCN(c2cc[nH+]cc2)CC1. The molecule has 0 radical (unpaired) electrons. The summed E-state index contributed by atoms with van der Waals surface area (Å²) in [6, 6.07) is 12.7. The molecule has 6 nitrogen and oxygen atoms in total. The third-order valence-corrected chi connectivity index (χ3v) is 5.55. The van der Waals surface area contributed by atoms with Crippen LogP contribution in [-0.4, -0.2) is 60.9 Å². The lowest BCUT2D eigenvalue weighted by molar-refractivity contribution is -0.377. The molecule has 148 valence electrons. The van der Waals surface area contributed by atoms with Crippen molar-refractivity contribution in [1.82, 2.24) is 10.2 Å². The Morgan fingerprint density at radius 3 is 2.39 bits per heavy atom. The van der Waals surface area contributed by atoms with E-state index in [1.165, 1.54) is 0 Å². The predicted molar refractivity (Wildman–Crippen MR) is 112 cm³/mol. The lowest BCUT2D eigenvalue weighted by Crippen LogP contribution is -2.55. The van der Waals surface area contributed by atoms with Gasteiger partial charge < -0.3 is 15.1 Å². The van der Waals surface area contributed by atoms with Crippen molar-refractivity contribution in [2.75, 3.05) is 43.1 Å². The van der Waals surface area contributed by atoms with Gasteiger partial charge in [0.2, 0.25) is 5.91 Å². The number of carbonyl (C=O) groups excluding carboxylic acids is 2. The number of nitrogens with one attached hydrogen (secondary N) is 2. The Kier molecular flexibility index (Phi) is 7.31. The zero-order valence-electron chi connectivity index (χ0n) is 16.1. The Labute approximate surface area is 170 Å². The zero-order valence-corrected chi connectivity index (χ0v) is 17.0. The molecule has 1 atom stereocenters. The van der Waals surface area contributed by atoms with Crippen LogP contribution >= 0.6 is 11.8 Å². The monoisotopic (exact) mass is 399 g/mol. The number of hydrogen-bond donors (Lipinski definition) is 1. The first-order valence-electron chi connectivity index (χ1n) is 9.53. The van der Waals surface area contributed by atoms with Crippen LogP contribution in [0.3, 0.4) is 0 Å². The van der Waals surface area contributed by atoms with Crippen LogP contribution in [0.15, 0.2) is 54.9 Å². The Morgan fingerprint density at radius 2 is 1.75 bits per heavy atom. The average Bonchev–Trinajstić information content (AvgIpc) is 2.77. The summed E-state index contributed by atoms with van der Waals surface area (Å²) in [6.45, 7) is 2.90. The van der Waals surface area contributed by atoms with E-state index in [1.807, 2.05) is 53.9 Å². The van der Waals surface area contributed by atoms with Crippen molar-refractivity contribution < 1.29 is 14.6 Å². The Bertz CT molecular complexity index is 764. The van der Waals surface area contributed by atoms with E-state index in [-0.39, 0.29) is 11.8 Å². The van der Waals surface area contributed by atoms with E-state index in [4.69, 9.17) is 0 Å². The summed E-state index contributed by atoms with van der Waals surface area (Å²) in [5, 5.41) is 2.95. The van der Waals surface area contributed by atoms with Crippen molar-refractivity contribution in [2.45, 2.75) is 12.5 Å². The number of aromatic nitrogens is 1. The number of carbonyl (C=O) groups is 2. The summed E-state index contributed by atoms with van der Waals surface area (Å²) < 4.78 is 0. The standard InChI is InChI=1S/C21H26N4O2S/c1-28-16-9-19(23-20(26)17-5-3-2-4-6-17)21(27)25-14-12-24(13-15-25)18-7-10-22-11-8-18/h2-8,10-11,19H,9,12-16H2,1H3,(H,23,26)/p+1/t19-/m1/s1. The first kappa shape index (κ1) is 20.2. The highest BCUT2D eigenvalue weighted by molar-refractivity contribution is 7.98. The molecular formula is C21H27N4O2S+. The van der Waals surface area contributed by atoms with Crippen LogP contribution in [0.25, 0.3) is 0 Å². The third-order valence-electron chi connectivity index (χ3n) is 4.91. The van der Waals surface area contributed by atoms with Crippen molar-refractivity contribution in [1.29, 1.82) is 0 Å². The highest BCUT2D eigenvalue weighted by Gasteiger charge is 2.28. The van der Waals surface area contributed by atoms with E-state index in [0.717, 1.165) is 24.5 Å². The molecule has 1 fully saturated rings. The second kappa shape index (κ2) is 10.1. The fourth-order valence-electron chi connectivity index (χ4n) is 3.32. The van der Waals surface area contributed by atoms with E-state index in [0.29, 0.717) is 25.1 Å². The summed E-state index contributed by atoms with van der Waals surface area (Å²) >= 11 is 1.68. The minimum atomic E-state index is -0.488. The smallest absolute Gasteiger partial charge is 0.251 e. The molecule has 0 spiro atoms. The van der Waals surface area contributed by atoms with Crippen molar-refractivity contribution in [3.8, 4) is 0 Å². The third kappa shape index (κ3) is 5.25. The Hall–Kier alpha value is -2.54. The van der Waals surface area contributed by atoms with E-state index >= 15 is 0 Å². The number of rotatable bonds is 7. The van der Waals surface area contributed by atoms with Gasteiger partial charge in [0, 0.05) is 49.6 Å². The summed E-state index contributed by atoms with van der Waals surface area (Å²) in [4.78, 5) is 32.8. The molecule has 2 N–H and O–H groups in total.